The average molecular weight is 452 g/mol. The number of ether oxygens (including phenoxy) is 1. The number of anilines is 3. The van der Waals surface area contributed by atoms with E-state index in [1.807, 2.05) is 30.0 Å². The molecule has 2 aromatic rings. The van der Waals surface area contributed by atoms with Crippen LogP contribution < -0.4 is 20.9 Å². The predicted molar refractivity (Wildman–Crippen MR) is 129 cm³/mol. The molecule has 1 saturated carbocycles. The van der Waals surface area contributed by atoms with Gasteiger partial charge in [0.1, 0.15) is 17.8 Å². The first-order valence-electron chi connectivity index (χ1n) is 11.8. The number of esters is 1. The number of piperazine rings is 1. The molecule has 176 valence electrons. The van der Waals surface area contributed by atoms with E-state index in [-0.39, 0.29) is 12.1 Å². The minimum Gasteiger partial charge on any atom is -0.463 e. The molecule has 3 N–H and O–H groups in total. The molecule has 1 aliphatic heterocycles. The lowest BCUT2D eigenvalue weighted by Gasteiger charge is -2.35. The largest absolute Gasteiger partial charge is 0.463 e. The molecule has 33 heavy (non-hydrogen) atoms. The number of hydrogen-bond acceptors (Lipinski definition) is 9. The van der Waals surface area contributed by atoms with Gasteiger partial charge in [-0.15, -0.1) is 0 Å². The quantitative estimate of drug-likeness (QED) is 0.413. The van der Waals surface area contributed by atoms with E-state index in [0.717, 1.165) is 55.2 Å². The van der Waals surface area contributed by atoms with Gasteiger partial charge >= 0.3 is 5.97 Å². The van der Waals surface area contributed by atoms with Crippen LogP contribution in [0.3, 0.4) is 0 Å². The molecule has 2 fully saturated rings. The molecular weight excluding hydrogens is 418 g/mol. The van der Waals surface area contributed by atoms with Gasteiger partial charge in [-0.05, 0) is 44.4 Å². The van der Waals surface area contributed by atoms with E-state index in [4.69, 9.17) is 14.7 Å². The second-order valence-electron chi connectivity index (χ2n) is 8.37. The van der Waals surface area contributed by atoms with Crippen LogP contribution in [0.1, 0.15) is 45.1 Å². The van der Waals surface area contributed by atoms with Crippen molar-refractivity contribution in [3.63, 3.8) is 0 Å². The van der Waals surface area contributed by atoms with Gasteiger partial charge in [-0.3, -0.25) is 10.2 Å². The van der Waals surface area contributed by atoms with Gasteiger partial charge in [0.25, 0.3) is 0 Å². The third-order valence-corrected chi connectivity index (χ3v) is 5.96. The first-order chi connectivity index (χ1) is 16.2. The molecule has 3 heterocycles. The highest BCUT2D eigenvalue weighted by atomic mass is 16.5. The van der Waals surface area contributed by atoms with Crippen molar-refractivity contribution in [2.75, 3.05) is 36.5 Å². The van der Waals surface area contributed by atoms with Gasteiger partial charge < -0.3 is 15.4 Å². The zero-order valence-electron chi connectivity index (χ0n) is 19.4. The Morgan fingerprint density at radius 1 is 1.27 bits per heavy atom. The highest BCUT2D eigenvalue weighted by Gasteiger charge is 2.27. The number of carbonyl (C=O) groups excluding carboxylic acids is 1. The van der Waals surface area contributed by atoms with E-state index in [1.165, 1.54) is 18.9 Å². The SMILES string of the molecule is CCOC(=O)C=C(C)c1cnc(N(c2ccccn2)C2CNCCN2)nc1NC1CCCC1. The van der Waals surface area contributed by atoms with Gasteiger partial charge in [-0.25, -0.2) is 14.8 Å². The first-order valence-corrected chi connectivity index (χ1v) is 11.8. The minimum atomic E-state index is -0.363. The average Bonchev–Trinajstić information content (AvgIpc) is 3.34. The predicted octanol–water partition coefficient (Wildman–Crippen LogP) is 2.85. The number of rotatable bonds is 8. The molecule has 2 aliphatic rings. The molecule has 1 unspecified atom stereocenters. The molecule has 1 aliphatic carbocycles. The maximum atomic E-state index is 12.1. The monoisotopic (exact) mass is 451 g/mol. The van der Waals surface area contributed by atoms with Crippen molar-refractivity contribution in [1.29, 1.82) is 0 Å². The smallest absolute Gasteiger partial charge is 0.331 e. The fourth-order valence-corrected chi connectivity index (χ4v) is 4.31. The van der Waals surface area contributed by atoms with E-state index in [9.17, 15) is 4.79 Å². The van der Waals surface area contributed by atoms with Crippen molar-refractivity contribution in [2.45, 2.75) is 51.7 Å². The van der Waals surface area contributed by atoms with Crippen molar-refractivity contribution in [1.82, 2.24) is 25.6 Å². The van der Waals surface area contributed by atoms with Crippen LogP contribution in [-0.2, 0) is 9.53 Å². The number of aromatic nitrogens is 3. The maximum absolute atomic E-state index is 12.1. The highest BCUT2D eigenvalue weighted by molar-refractivity contribution is 5.92. The van der Waals surface area contributed by atoms with Crippen LogP contribution in [0.25, 0.3) is 5.57 Å². The lowest BCUT2D eigenvalue weighted by molar-refractivity contribution is -0.137. The van der Waals surface area contributed by atoms with E-state index >= 15 is 0 Å². The van der Waals surface area contributed by atoms with Gasteiger partial charge in [0.2, 0.25) is 5.95 Å². The number of hydrogen-bond donors (Lipinski definition) is 3. The van der Waals surface area contributed by atoms with Crippen molar-refractivity contribution < 1.29 is 9.53 Å². The van der Waals surface area contributed by atoms with E-state index in [2.05, 4.69) is 20.9 Å². The Kier molecular flexibility index (Phi) is 7.85. The first kappa shape index (κ1) is 23.1. The van der Waals surface area contributed by atoms with Crippen LogP contribution in [0.15, 0.2) is 36.7 Å². The van der Waals surface area contributed by atoms with E-state index in [1.54, 1.807) is 19.3 Å². The standard InChI is InChI=1S/C24H33N7O2/c1-3-33-22(32)14-17(2)19-15-28-24(30-23(19)29-18-8-4-5-9-18)31(20-10-6-7-11-26-20)21-16-25-12-13-27-21/h6-7,10-11,14-15,18,21,25,27H,3-5,8-9,12-13,16H2,1-2H3,(H,28,29,30). The highest BCUT2D eigenvalue weighted by Crippen LogP contribution is 2.30. The summed E-state index contributed by atoms with van der Waals surface area (Å²) in [5.41, 5.74) is 1.57. The molecule has 4 rings (SSSR count). The molecule has 0 spiro atoms. The lowest BCUT2D eigenvalue weighted by atomic mass is 10.1. The van der Waals surface area contributed by atoms with Gasteiger partial charge in [-0.2, -0.15) is 4.98 Å². The molecule has 0 amide bonds. The summed E-state index contributed by atoms with van der Waals surface area (Å²) < 4.78 is 5.10. The van der Waals surface area contributed by atoms with E-state index < -0.39 is 0 Å². The summed E-state index contributed by atoms with van der Waals surface area (Å²) in [6, 6.07) is 6.18. The Balaban J connectivity index is 1.72. The zero-order valence-corrected chi connectivity index (χ0v) is 19.4. The summed E-state index contributed by atoms with van der Waals surface area (Å²) in [6.07, 6.45) is 9.67. The topological polar surface area (TPSA) is 104 Å². The van der Waals surface area contributed by atoms with Crippen molar-refractivity contribution in [3.8, 4) is 0 Å². The Morgan fingerprint density at radius 3 is 2.82 bits per heavy atom. The molecule has 1 saturated heterocycles. The summed E-state index contributed by atoms with van der Waals surface area (Å²) in [5, 5.41) is 10.6. The number of nitrogens with zero attached hydrogens (tertiary/aromatic N) is 4. The second-order valence-corrected chi connectivity index (χ2v) is 8.37. The minimum absolute atomic E-state index is 0.0324. The lowest BCUT2D eigenvalue weighted by Crippen LogP contribution is -2.56. The zero-order chi connectivity index (χ0) is 23.0. The van der Waals surface area contributed by atoms with E-state index in [0.29, 0.717) is 18.6 Å². The molecule has 9 heteroatoms. The number of carbonyl (C=O) groups is 1. The number of nitrogens with one attached hydrogen (secondary N) is 3. The van der Waals surface area contributed by atoms with Crippen LogP contribution >= 0.6 is 0 Å². The third kappa shape index (κ3) is 5.85. The molecule has 2 aromatic heterocycles. The Morgan fingerprint density at radius 2 is 2.12 bits per heavy atom. The van der Waals surface area contributed by atoms with Crippen molar-refractivity contribution >= 4 is 29.1 Å². The van der Waals surface area contributed by atoms with Gasteiger partial charge in [0.15, 0.2) is 0 Å². The van der Waals surface area contributed by atoms with Crippen LogP contribution in [0.2, 0.25) is 0 Å². The number of allylic oxidation sites excluding steroid dienone is 1. The molecule has 9 nitrogen and oxygen atoms in total. The third-order valence-electron chi connectivity index (χ3n) is 5.96. The Hall–Kier alpha value is -3.04. The summed E-state index contributed by atoms with van der Waals surface area (Å²) >= 11 is 0. The summed E-state index contributed by atoms with van der Waals surface area (Å²) in [4.78, 5) is 28.3. The normalized spacial score (nSPS) is 19.3. The molecule has 0 radical (unpaired) electrons. The van der Waals surface area contributed by atoms with Crippen LogP contribution in [-0.4, -0.2) is 59.4 Å². The fraction of sp³-hybridized carbons (Fsp3) is 0.500. The van der Waals surface area contributed by atoms with Gasteiger partial charge in [-0.1, -0.05) is 18.9 Å². The van der Waals surface area contributed by atoms with Gasteiger partial charge in [0.05, 0.1) is 6.61 Å². The Bertz CT molecular complexity index is 955. The second kappa shape index (κ2) is 11.2. The molecule has 0 aromatic carbocycles. The number of pyridine rings is 1. The molecule has 1 atom stereocenters. The maximum Gasteiger partial charge on any atom is 0.331 e. The molecular formula is C24H33N7O2. The fourth-order valence-electron chi connectivity index (χ4n) is 4.31. The van der Waals surface area contributed by atoms with Crippen molar-refractivity contribution in [2.24, 2.45) is 0 Å². The Labute approximate surface area is 195 Å². The van der Waals surface area contributed by atoms with Crippen LogP contribution in [0.4, 0.5) is 17.6 Å². The van der Waals surface area contributed by atoms with Gasteiger partial charge in [0, 0.05) is 49.7 Å². The summed E-state index contributed by atoms with van der Waals surface area (Å²) in [7, 11) is 0. The molecule has 0 bridgehead atoms. The summed E-state index contributed by atoms with van der Waals surface area (Å²) in [6.45, 7) is 6.53. The summed E-state index contributed by atoms with van der Waals surface area (Å²) in [5.74, 6) is 1.70. The van der Waals surface area contributed by atoms with Crippen LogP contribution in [0, 0.1) is 0 Å². The van der Waals surface area contributed by atoms with Crippen LogP contribution in [0.5, 0.6) is 0 Å². The van der Waals surface area contributed by atoms with Crippen molar-refractivity contribution in [3.05, 3.63) is 42.2 Å².